The number of hydrogen-bond acceptors (Lipinski definition) is 4. The highest BCUT2D eigenvalue weighted by Crippen LogP contribution is 2.33. The minimum atomic E-state index is -0.584. The monoisotopic (exact) mass is 234 g/mol. The molecule has 0 spiro atoms. The first-order valence-electron chi connectivity index (χ1n) is 5.92. The second kappa shape index (κ2) is 4.04. The molecule has 1 aromatic rings. The first kappa shape index (κ1) is 11.9. The zero-order chi connectivity index (χ0) is 12.6. The smallest absolute Gasteiger partial charge is 0.145 e. The lowest BCUT2D eigenvalue weighted by molar-refractivity contribution is 0.00256. The molecule has 1 saturated heterocycles. The van der Waals surface area contributed by atoms with Crippen molar-refractivity contribution in [1.29, 1.82) is 5.26 Å². The minimum Gasteiger partial charge on any atom is -0.386 e. The first-order valence-corrected chi connectivity index (χ1v) is 5.92. The van der Waals surface area contributed by atoms with Gasteiger partial charge >= 0.3 is 0 Å². The molecule has 5 nitrogen and oxygen atoms in total. The van der Waals surface area contributed by atoms with Crippen LogP contribution in [-0.4, -0.2) is 33.6 Å². The molecule has 0 amide bonds. The molecule has 1 aliphatic rings. The number of β-amino-alcohol motifs (C(OH)–C–C–N with tert-alkyl or cyclic N) is 1. The normalized spacial score (nSPS) is 17.7. The fourth-order valence-corrected chi connectivity index (χ4v) is 2.58. The molecular weight excluding hydrogens is 216 g/mol. The van der Waals surface area contributed by atoms with E-state index in [1.165, 1.54) is 0 Å². The molecule has 0 unspecified atom stereocenters. The van der Waals surface area contributed by atoms with Crippen LogP contribution in [0.25, 0.3) is 0 Å². The average molecular weight is 234 g/mol. The standard InChI is InChI=1S/C12H18N4O/c1-4-5-12(17)7-16(8-12)11-10(6-13)9(2)14-15(11)3/h17H,4-5,7-8H2,1-3H3. The van der Waals surface area contributed by atoms with Crippen molar-refractivity contribution in [2.24, 2.45) is 7.05 Å². The molecule has 2 heterocycles. The molecule has 0 aliphatic carbocycles. The van der Waals surface area contributed by atoms with Gasteiger partial charge in [-0.3, -0.25) is 4.68 Å². The predicted octanol–water partition coefficient (Wildman–Crippen LogP) is 0.951. The van der Waals surface area contributed by atoms with Gasteiger partial charge in [0.05, 0.1) is 24.4 Å². The van der Waals surface area contributed by atoms with Crippen LogP contribution in [0.1, 0.15) is 31.0 Å². The quantitative estimate of drug-likeness (QED) is 0.845. The van der Waals surface area contributed by atoms with Crippen molar-refractivity contribution in [3.63, 3.8) is 0 Å². The number of hydrogen-bond donors (Lipinski definition) is 1. The third-order valence-corrected chi connectivity index (χ3v) is 3.29. The van der Waals surface area contributed by atoms with Gasteiger partial charge in [-0.05, 0) is 13.3 Å². The summed E-state index contributed by atoms with van der Waals surface area (Å²) in [6.45, 7) is 5.08. The van der Waals surface area contributed by atoms with Crippen LogP contribution in [-0.2, 0) is 7.05 Å². The van der Waals surface area contributed by atoms with E-state index < -0.39 is 5.60 Å². The van der Waals surface area contributed by atoms with E-state index >= 15 is 0 Å². The van der Waals surface area contributed by atoms with Crippen molar-refractivity contribution in [1.82, 2.24) is 9.78 Å². The van der Waals surface area contributed by atoms with Crippen molar-refractivity contribution in [2.75, 3.05) is 18.0 Å². The summed E-state index contributed by atoms with van der Waals surface area (Å²) in [5.74, 6) is 0.825. The summed E-state index contributed by atoms with van der Waals surface area (Å²) in [5, 5.41) is 23.5. The fourth-order valence-electron chi connectivity index (χ4n) is 2.58. The topological polar surface area (TPSA) is 65.1 Å². The molecule has 0 aromatic carbocycles. The Morgan fingerprint density at radius 3 is 2.71 bits per heavy atom. The largest absolute Gasteiger partial charge is 0.386 e. The molecule has 1 aliphatic heterocycles. The van der Waals surface area contributed by atoms with Gasteiger partial charge in [-0.15, -0.1) is 0 Å². The van der Waals surface area contributed by atoms with Crippen LogP contribution in [0.5, 0.6) is 0 Å². The van der Waals surface area contributed by atoms with Gasteiger partial charge in [0, 0.05) is 7.05 Å². The van der Waals surface area contributed by atoms with E-state index in [-0.39, 0.29) is 0 Å². The molecule has 1 fully saturated rings. The van der Waals surface area contributed by atoms with Crippen molar-refractivity contribution < 1.29 is 5.11 Å². The lowest BCUT2D eigenvalue weighted by Gasteiger charge is -2.47. The van der Waals surface area contributed by atoms with Crippen LogP contribution in [0.3, 0.4) is 0 Å². The number of aromatic nitrogens is 2. The summed E-state index contributed by atoms with van der Waals surface area (Å²) in [5.41, 5.74) is 0.779. The Kier molecular flexibility index (Phi) is 2.84. The lowest BCUT2D eigenvalue weighted by atomic mass is 9.89. The van der Waals surface area contributed by atoms with E-state index in [0.717, 1.165) is 24.4 Å². The molecule has 92 valence electrons. The Hall–Kier alpha value is -1.54. The Balaban J connectivity index is 2.19. The number of aryl methyl sites for hydroxylation is 2. The van der Waals surface area contributed by atoms with Crippen LogP contribution in [0.15, 0.2) is 0 Å². The summed E-state index contributed by atoms with van der Waals surface area (Å²) in [6.07, 6.45) is 1.78. The molecule has 17 heavy (non-hydrogen) atoms. The maximum atomic E-state index is 10.1. The van der Waals surface area contributed by atoms with E-state index in [9.17, 15) is 5.11 Å². The molecule has 0 atom stereocenters. The highest BCUT2D eigenvalue weighted by molar-refractivity contribution is 5.59. The summed E-state index contributed by atoms with van der Waals surface area (Å²) >= 11 is 0. The van der Waals surface area contributed by atoms with Gasteiger partial charge in [0.1, 0.15) is 17.5 Å². The van der Waals surface area contributed by atoms with Crippen LogP contribution in [0, 0.1) is 18.3 Å². The van der Waals surface area contributed by atoms with Gasteiger partial charge in [-0.1, -0.05) is 13.3 Å². The number of nitriles is 1. The second-order valence-electron chi connectivity index (χ2n) is 4.85. The Bertz CT molecular complexity index is 466. The zero-order valence-corrected chi connectivity index (χ0v) is 10.6. The lowest BCUT2D eigenvalue weighted by Crippen LogP contribution is -2.62. The van der Waals surface area contributed by atoms with Gasteiger partial charge in [0.2, 0.25) is 0 Å². The average Bonchev–Trinajstić information content (AvgIpc) is 2.49. The number of nitrogens with zero attached hydrogens (tertiary/aromatic N) is 4. The van der Waals surface area contributed by atoms with Crippen molar-refractivity contribution in [2.45, 2.75) is 32.3 Å². The summed E-state index contributed by atoms with van der Waals surface area (Å²) in [7, 11) is 1.83. The fraction of sp³-hybridized carbons (Fsp3) is 0.667. The predicted molar refractivity (Wildman–Crippen MR) is 64.7 cm³/mol. The van der Waals surface area contributed by atoms with E-state index in [4.69, 9.17) is 5.26 Å². The highest BCUT2D eigenvalue weighted by atomic mass is 16.3. The van der Waals surface area contributed by atoms with Crippen LogP contribution in [0.4, 0.5) is 5.82 Å². The SMILES string of the molecule is CCCC1(O)CN(c2c(C#N)c(C)nn2C)C1. The molecule has 2 rings (SSSR count). The molecule has 5 heteroatoms. The van der Waals surface area contributed by atoms with Gasteiger partial charge in [-0.2, -0.15) is 10.4 Å². The minimum absolute atomic E-state index is 0.584. The van der Waals surface area contributed by atoms with E-state index in [0.29, 0.717) is 18.7 Å². The molecule has 1 N–H and O–H groups in total. The van der Waals surface area contributed by atoms with Crippen molar-refractivity contribution >= 4 is 5.82 Å². The Morgan fingerprint density at radius 2 is 2.18 bits per heavy atom. The van der Waals surface area contributed by atoms with Crippen LogP contribution < -0.4 is 4.90 Å². The number of aliphatic hydroxyl groups is 1. The Labute approximate surface area is 101 Å². The summed E-state index contributed by atoms with van der Waals surface area (Å²) < 4.78 is 1.72. The third kappa shape index (κ3) is 1.89. The molecule has 0 radical (unpaired) electrons. The summed E-state index contributed by atoms with van der Waals surface area (Å²) in [4.78, 5) is 2.02. The maximum Gasteiger partial charge on any atom is 0.145 e. The van der Waals surface area contributed by atoms with Gasteiger partial charge in [-0.25, -0.2) is 0 Å². The van der Waals surface area contributed by atoms with E-state index in [1.807, 2.05) is 18.9 Å². The Morgan fingerprint density at radius 1 is 1.53 bits per heavy atom. The van der Waals surface area contributed by atoms with Crippen molar-refractivity contribution in [3.05, 3.63) is 11.3 Å². The van der Waals surface area contributed by atoms with Gasteiger partial charge < -0.3 is 10.0 Å². The number of anilines is 1. The molecule has 1 aromatic heterocycles. The van der Waals surface area contributed by atoms with Gasteiger partial charge in [0.15, 0.2) is 0 Å². The zero-order valence-electron chi connectivity index (χ0n) is 10.6. The highest BCUT2D eigenvalue weighted by Gasteiger charge is 2.42. The third-order valence-electron chi connectivity index (χ3n) is 3.29. The maximum absolute atomic E-state index is 10.1. The van der Waals surface area contributed by atoms with Crippen LogP contribution >= 0.6 is 0 Å². The van der Waals surface area contributed by atoms with Crippen LogP contribution in [0.2, 0.25) is 0 Å². The van der Waals surface area contributed by atoms with E-state index in [1.54, 1.807) is 4.68 Å². The molecule has 0 saturated carbocycles. The molecular formula is C12H18N4O. The number of rotatable bonds is 3. The molecule has 0 bridgehead atoms. The van der Waals surface area contributed by atoms with E-state index in [2.05, 4.69) is 18.1 Å². The van der Waals surface area contributed by atoms with Gasteiger partial charge in [0.25, 0.3) is 0 Å². The van der Waals surface area contributed by atoms with Crippen molar-refractivity contribution in [3.8, 4) is 6.07 Å². The second-order valence-corrected chi connectivity index (χ2v) is 4.85. The summed E-state index contributed by atoms with van der Waals surface area (Å²) in [6, 6.07) is 2.19. The first-order chi connectivity index (χ1) is 8.00.